The summed E-state index contributed by atoms with van der Waals surface area (Å²) in [5, 5.41) is 2.25. The van der Waals surface area contributed by atoms with Crippen molar-refractivity contribution in [3.63, 3.8) is 0 Å². The van der Waals surface area contributed by atoms with Crippen LogP contribution in [0.15, 0.2) is 30.6 Å². The Kier molecular flexibility index (Phi) is 8.57. The van der Waals surface area contributed by atoms with Gasteiger partial charge in [-0.05, 0) is 37.5 Å². The maximum atomic E-state index is 13.2. The lowest BCUT2D eigenvalue weighted by atomic mass is 10.1. The van der Waals surface area contributed by atoms with Crippen LogP contribution in [0.4, 0.5) is 27.6 Å². The lowest BCUT2D eigenvalue weighted by Gasteiger charge is -2.32. The quantitative estimate of drug-likeness (QED) is 0.395. The molecule has 2 aromatic rings. The highest BCUT2D eigenvalue weighted by Crippen LogP contribution is 2.31. The number of anilines is 1. The molecule has 1 fully saturated rings. The van der Waals surface area contributed by atoms with E-state index in [0.29, 0.717) is 12.6 Å². The maximum Gasteiger partial charge on any atom is 0.417 e. The first-order chi connectivity index (χ1) is 17.4. The molecule has 37 heavy (non-hydrogen) atoms. The van der Waals surface area contributed by atoms with Gasteiger partial charge in [0.15, 0.2) is 0 Å². The van der Waals surface area contributed by atoms with Gasteiger partial charge < -0.3 is 25.4 Å². The molecular weight excluding hydrogens is 509 g/mol. The Morgan fingerprint density at radius 2 is 1.92 bits per heavy atom. The van der Waals surface area contributed by atoms with Crippen molar-refractivity contribution in [2.24, 2.45) is 5.73 Å². The van der Waals surface area contributed by atoms with E-state index in [9.17, 15) is 36.3 Å². The number of primary amides is 1. The molecule has 0 unspecified atom stereocenters. The molecule has 15 heteroatoms. The molecule has 3 amide bonds. The predicted molar refractivity (Wildman–Crippen MR) is 116 cm³/mol. The number of aromatic nitrogens is 2. The van der Waals surface area contributed by atoms with Crippen LogP contribution in [0.5, 0.6) is 5.88 Å². The summed E-state index contributed by atoms with van der Waals surface area (Å²) in [5.41, 5.74) is 3.95. The first-order valence-corrected chi connectivity index (χ1v) is 10.8. The van der Waals surface area contributed by atoms with Gasteiger partial charge in [0.25, 0.3) is 5.91 Å². The Labute approximate surface area is 206 Å². The zero-order valence-electron chi connectivity index (χ0n) is 19.3. The SMILES string of the molecule is COc1ncc(NC(=O)C(=O)N(Cc2ccc(C(F)(F)F)cn2)[C@@H]2CCC[C@H]2OC(F)F)cc1C(N)=O. The zero-order valence-corrected chi connectivity index (χ0v) is 19.3. The van der Waals surface area contributed by atoms with Gasteiger partial charge in [0, 0.05) is 6.20 Å². The van der Waals surface area contributed by atoms with E-state index in [1.807, 2.05) is 0 Å². The van der Waals surface area contributed by atoms with Crippen LogP contribution in [0.25, 0.3) is 0 Å². The van der Waals surface area contributed by atoms with Crippen molar-refractivity contribution in [2.45, 2.75) is 50.7 Å². The van der Waals surface area contributed by atoms with Crippen LogP contribution < -0.4 is 15.8 Å². The fourth-order valence-electron chi connectivity index (χ4n) is 3.93. The zero-order chi connectivity index (χ0) is 27.3. The van der Waals surface area contributed by atoms with Crippen molar-refractivity contribution in [1.29, 1.82) is 0 Å². The van der Waals surface area contributed by atoms with Crippen molar-refractivity contribution < 1.29 is 45.8 Å². The molecule has 0 aromatic carbocycles. The Bertz CT molecular complexity index is 1150. The van der Waals surface area contributed by atoms with Crippen molar-refractivity contribution in [3.05, 3.63) is 47.4 Å². The third kappa shape index (κ3) is 6.87. The van der Waals surface area contributed by atoms with Gasteiger partial charge in [-0.15, -0.1) is 0 Å². The van der Waals surface area contributed by atoms with E-state index in [0.717, 1.165) is 29.3 Å². The maximum absolute atomic E-state index is 13.2. The molecule has 1 saturated carbocycles. The van der Waals surface area contributed by atoms with E-state index < -0.39 is 54.8 Å². The molecular formula is C22H22F5N5O5. The Hall–Kier alpha value is -3.88. The molecule has 0 saturated heterocycles. The summed E-state index contributed by atoms with van der Waals surface area (Å²) in [7, 11) is 1.24. The molecule has 0 spiro atoms. The molecule has 2 heterocycles. The minimum atomic E-state index is -4.64. The van der Waals surface area contributed by atoms with Gasteiger partial charge in [0.2, 0.25) is 5.88 Å². The molecule has 0 aliphatic heterocycles. The molecule has 3 rings (SSSR count). The summed E-state index contributed by atoms with van der Waals surface area (Å²) in [6.45, 7) is -3.59. The summed E-state index contributed by atoms with van der Waals surface area (Å²) in [4.78, 5) is 46.1. The average Bonchev–Trinajstić information content (AvgIpc) is 3.28. The Morgan fingerprint density at radius 1 is 1.19 bits per heavy atom. The molecule has 10 nitrogen and oxygen atoms in total. The highest BCUT2D eigenvalue weighted by Gasteiger charge is 2.39. The topological polar surface area (TPSA) is 137 Å². The van der Waals surface area contributed by atoms with Gasteiger partial charge >= 0.3 is 24.6 Å². The van der Waals surface area contributed by atoms with Crippen LogP contribution >= 0.6 is 0 Å². The van der Waals surface area contributed by atoms with Crippen LogP contribution in [-0.2, 0) is 27.0 Å². The number of nitrogens with one attached hydrogen (secondary N) is 1. The van der Waals surface area contributed by atoms with Crippen molar-refractivity contribution in [1.82, 2.24) is 14.9 Å². The van der Waals surface area contributed by atoms with Crippen molar-refractivity contribution in [3.8, 4) is 5.88 Å². The van der Waals surface area contributed by atoms with Gasteiger partial charge in [-0.2, -0.15) is 22.0 Å². The summed E-state index contributed by atoms with van der Waals surface area (Å²) in [6, 6.07) is 1.91. The molecule has 1 aliphatic carbocycles. The lowest BCUT2D eigenvalue weighted by molar-refractivity contribution is -0.178. The predicted octanol–water partition coefficient (Wildman–Crippen LogP) is 2.73. The molecule has 0 radical (unpaired) electrons. The number of amides is 3. The van der Waals surface area contributed by atoms with E-state index >= 15 is 0 Å². The number of carbonyl (C=O) groups excluding carboxylic acids is 3. The van der Waals surface area contributed by atoms with Gasteiger partial charge in [-0.3, -0.25) is 19.4 Å². The van der Waals surface area contributed by atoms with E-state index in [-0.39, 0.29) is 35.7 Å². The number of pyridine rings is 2. The smallest absolute Gasteiger partial charge is 0.417 e. The number of nitrogens with two attached hydrogens (primary N) is 1. The minimum absolute atomic E-state index is 0.0148. The van der Waals surface area contributed by atoms with Crippen LogP contribution in [0.1, 0.15) is 40.9 Å². The fraction of sp³-hybridized carbons (Fsp3) is 0.409. The fourth-order valence-corrected chi connectivity index (χ4v) is 3.93. The molecule has 2 aromatic heterocycles. The van der Waals surface area contributed by atoms with Gasteiger partial charge in [0.1, 0.15) is 5.56 Å². The minimum Gasteiger partial charge on any atom is -0.480 e. The molecule has 1 aliphatic rings. The van der Waals surface area contributed by atoms with E-state index in [4.69, 9.17) is 10.5 Å². The van der Waals surface area contributed by atoms with E-state index in [2.05, 4.69) is 20.0 Å². The molecule has 200 valence electrons. The lowest BCUT2D eigenvalue weighted by Crippen LogP contribution is -2.49. The largest absolute Gasteiger partial charge is 0.480 e. The van der Waals surface area contributed by atoms with Gasteiger partial charge in [0.05, 0.1) is 48.9 Å². The number of carbonyl (C=O) groups is 3. The number of alkyl halides is 5. The normalized spacial score (nSPS) is 17.5. The summed E-state index contributed by atoms with van der Waals surface area (Å²) >= 11 is 0. The number of nitrogens with zero attached hydrogens (tertiary/aromatic N) is 3. The first-order valence-electron chi connectivity index (χ1n) is 10.8. The monoisotopic (exact) mass is 531 g/mol. The van der Waals surface area contributed by atoms with Gasteiger partial charge in [-0.25, -0.2) is 4.98 Å². The molecule has 3 N–H and O–H groups in total. The highest BCUT2D eigenvalue weighted by molar-refractivity contribution is 6.39. The van der Waals surface area contributed by atoms with Crippen LogP contribution in [0, 0.1) is 0 Å². The van der Waals surface area contributed by atoms with Crippen molar-refractivity contribution >= 4 is 23.4 Å². The highest BCUT2D eigenvalue weighted by atomic mass is 19.4. The number of rotatable bonds is 8. The summed E-state index contributed by atoms with van der Waals surface area (Å²) in [5.74, 6) is -3.45. The third-order valence-corrected chi connectivity index (χ3v) is 5.60. The average molecular weight is 531 g/mol. The third-order valence-electron chi connectivity index (χ3n) is 5.60. The van der Waals surface area contributed by atoms with E-state index in [1.54, 1.807) is 0 Å². The molecule has 0 bridgehead atoms. The van der Waals surface area contributed by atoms with Crippen molar-refractivity contribution in [2.75, 3.05) is 12.4 Å². The second-order valence-electron chi connectivity index (χ2n) is 8.00. The Morgan fingerprint density at radius 3 is 2.49 bits per heavy atom. The van der Waals surface area contributed by atoms with Gasteiger partial charge in [-0.1, -0.05) is 0 Å². The van der Waals surface area contributed by atoms with Crippen LogP contribution in [0.3, 0.4) is 0 Å². The number of halogens is 5. The number of hydrogen-bond acceptors (Lipinski definition) is 7. The van der Waals surface area contributed by atoms with Crippen LogP contribution in [0.2, 0.25) is 0 Å². The number of methoxy groups -OCH3 is 1. The summed E-state index contributed by atoms with van der Waals surface area (Å²) in [6.07, 6.45) is -3.32. The first kappa shape index (κ1) is 27.7. The number of hydrogen-bond donors (Lipinski definition) is 2. The standard InChI is InChI=1S/C22H22F5N5O5/c1-36-19-14(17(28)33)7-13(9-30-19)31-18(34)20(35)32(15-3-2-4-16(15)37-21(23)24)10-12-6-5-11(8-29-12)22(25,26)27/h5-9,15-16,21H,2-4,10H2,1H3,(H2,28,33)(H,31,34)/t15-,16-/m1/s1. The second kappa shape index (κ2) is 11.5. The van der Waals surface area contributed by atoms with Crippen LogP contribution in [-0.4, -0.2) is 58.5 Å². The van der Waals surface area contributed by atoms with E-state index in [1.165, 1.54) is 7.11 Å². The Balaban J connectivity index is 1.87. The second-order valence-corrected chi connectivity index (χ2v) is 8.00. The summed E-state index contributed by atoms with van der Waals surface area (Å²) < 4.78 is 74.0. The molecule has 2 atom stereocenters. The number of ether oxygens (including phenoxy) is 2.